The number of ether oxygens (including phenoxy) is 2. The maximum absolute atomic E-state index is 5.86. The lowest BCUT2D eigenvalue weighted by Gasteiger charge is -2.15. The highest BCUT2D eigenvalue weighted by Crippen LogP contribution is 2.25. The summed E-state index contributed by atoms with van der Waals surface area (Å²) in [6.07, 6.45) is 1.83. The van der Waals surface area contributed by atoms with Crippen molar-refractivity contribution in [3.8, 4) is 5.75 Å². The molecule has 0 aliphatic rings. The topological polar surface area (TPSA) is 44.5 Å². The van der Waals surface area contributed by atoms with Gasteiger partial charge >= 0.3 is 0 Å². The monoisotopic (exact) mass is 265 g/mol. The fourth-order valence-electron chi connectivity index (χ4n) is 2.24. The zero-order valence-corrected chi connectivity index (χ0v) is 12.7. The van der Waals surface area contributed by atoms with Gasteiger partial charge in [-0.1, -0.05) is 12.1 Å². The first kappa shape index (κ1) is 16.0. The van der Waals surface area contributed by atoms with Gasteiger partial charge in [0.1, 0.15) is 5.75 Å². The molecule has 0 fully saturated rings. The van der Waals surface area contributed by atoms with Crippen LogP contribution in [0.4, 0.5) is 0 Å². The SMILES string of the molecule is CCOCCCOc1c(C)cc(CC(C)N)cc1C. The first-order valence-corrected chi connectivity index (χ1v) is 7.10. The van der Waals surface area contributed by atoms with Crippen LogP contribution in [-0.2, 0) is 11.2 Å². The van der Waals surface area contributed by atoms with Gasteiger partial charge in [0.15, 0.2) is 0 Å². The predicted octanol–water partition coefficient (Wildman–Crippen LogP) is 3.00. The Bertz CT molecular complexity index is 365. The molecule has 1 aromatic carbocycles. The van der Waals surface area contributed by atoms with Gasteiger partial charge in [-0.15, -0.1) is 0 Å². The molecule has 0 aliphatic heterocycles. The molecule has 0 saturated heterocycles. The smallest absolute Gasteiger partial charge is 0.125 e. The Labute approximate surface area is 117 Å². The minimum atomic E-state index is 0.191. The van der Waals surface area contributed by atoms with E-state index in [9.17, 15) is 0 Å². The summed E-state index contributed by atoms with van der Waals surface area (Å²) in [7, 11) is 0. The summed E-state index contributed by atoms with van der Waals surface area (Å²) in [4.78, 5) is 0. The van der Waals surface area contributed by atoms with E-state index in [-0.39, 0.29) is 6.04 Å². The van der Waals surface area contributed by atoms with E-state index in [0.29, 0.717) is 6.61 Å². The summed E-state index contributed by atoms with van der Waals surface area (Å²) in [5.74, 6) is 1.00. The molecule has 0 amide bonds. The van der Waals surface area contributed by atoms with Crippen LogP contribution in [0, 0.1) is 13.8 Å². The normalized spacial score (nSPS) is 12.5. The van der Waals surface area contributed by atoms with Crippen molar-refractivity contribution < 1.29 is 9.47 Å². The highest BCUT2D eigenvalue weighted by atomic mass is 16.5. The summed E-state index contributed by atoms with van der Waals surface area (Å²) < 4.78 is 11.2. The lowest BCUT2D eigenvalue weighted by atomic mass is 10.0. The molecule has 3 heteroatoms. The number of aryl methyl sites for hydroxylation is 2. The zero-order valence-electron chi connectivity index (χ0n) is 12.7. The van der Waals surface area contributed by atoms with Crippen LogP contribution in [0.5, 0.6) is 5.75 Å². The quantitative estimate of drug-likeness (QED) is 0.735. The summed E-state index contributed by atoms with van der Waals surface area (Å²) in [6, 6.07) is 4.54. The maximum atomic E-state index is 5.86. The molecule has 19 heavy (non-hydrogen) atoms. The second-order valence-corrected chi connectivity index (χ2v) is 5.14. The van der Waals surface area contributed by atoms with Gasteiger partial charge in [0.2, 0.25) is 0 Å². The van der Waals surface area contributed by atoms with Crippen molar-refractivity contribution in [2.24, 2.45) is 5.73 Å². The van der Waals surface area contributed by atoms with Gasteiger partial charge in [0.25, 0.3) is 0 Å². The molecular weight excluding hydrogens is 238 g/mol. The highest BCUT2D eigenvalue weighted by Gasteiger charge is 2.07. The van der Waals surface area contributed by atoms with Gasteiger partial charge in [-0.05, 0) is 50.8 Å². The van der Waals surface area contributed by atoms with Crippen LogP contribution >= 0.6 is 0 Å². The van der Waals surface area contributed by atoms with Crippen molar-refractivity contribution in [1.29, 1.82) is 0 Å². The van der Waals surface area contributed by atoms with Crippen LogP contribution in [-0.4, -0.2) is 25.9 Å². The Morgan fingerprint density at radius 1 is 1.16 bits per heavy atom. The summed E-state index contributed by atoms with van der Waals surface area (Å²) in [6.45, 7) is 10.5. The molecule has 2 N–H and O–H groups in total. The molecule has 0 saturated carbocycles. The minimum Gasteiger partial charge on any atom is -0.493 e. The fraction of sp³-hybridized carbons (Fsp3) is 0.625. The molecule has 3 nitrogen and oxygen atoms in total. The Kier molecular flexibility index (Phi) is 6.89. The highest BCUT2D eigenvalue weighted by molar-refractivity contribution is 5.43. The lowest BCUT2D eigenvalue weighted by molar-refractivity contribution is 0.130. The lowest BCUT2D eigenvalue weighted by Crippen LogP contribution is -2.18. The Morgan fingerprint density at radius 2 is 1.79 bits per heavy atom. The second-order valence-electron chi connectivity index (χ2n) is 5.14. The fourth-order valence-corrected chi connectivity index (χ4v) is 2.24. The van der Waals surface area contributed by atoms with E-state index in [1.807, 2.05) is 13.8 Å². The third-order valence-corrected chi connectivity index (χ3v) is 2.96. The third-order valence-electron chi connectivity index (χ3n) is 2.96. The van der Waals surface area contributed by atoms with E-state index in [0.717, 1.165) is 31.8 Å². The number of rotatable bonds is 8. The summed E-state index contributed by atoms with van der Waals surface area (Å²) in [5, 5.41) is 0. The molecule has 108 valence electrons. The van der Waals surface area contributed by atoms with E-state index in [2.05, 4.69) is 26.0 Å². The molecule has 1 unspecified atom stereocenters. The van der Waals surface area contributed by atoms with Gasteiger partial charge in [0, 0.05) is 25.7 Å². The predicted molar refractivity (Wildman–Crippen MR) is 79.9 cm³/mol. The molecular formula is C16H27NO2. The molecule has 1 rings (SSSR count). The van der Waals surface area contributed by atoms with Crippen LogP contribution in [0.2, 0.25) is 0 Å². The van der Waals surface area contributed by atoms with Crippen molar-refractivity contribution in [2.75, 3.05) is 19.8 Å². The molecule has 0 aliphatic carbocycles. The van der Waals surface area contributed by atoms with Crippen molar-refractivity contribution >= 4 is 0 Å². The molecule has 1 atom stereocenters. The molecule has 0 heterocycles. The van der Waals surface area contributed by atoms with Crippen molar-refractivity contribution in [3.63, 3.8) is 0 Å². The molecule has 0 spiro atoms. The number of hydrogen-bond donors (Lipinski definition) is 1. The first-order valence-electron chi connectivity index (χ1n) is 7.10. The number of benzene rings is 1. The van der Waals surface area contributed by atoms with Crippen LogP contribution in [0.25, 0.3) is 0 Å². The van der Waals surface area contributed by atoms with Crippen molar-refractivity contribution in [3.05, 3.63) is 28.8 Å². The summed E-state index contributed by atoms with van der Waals surface area (Å²) >= 11 is 0. The average molecular weight is 265 g/mol. The Morgan fingerprint density at radius 3 is 2.32 bits per heavy atom. The summed E-state index contributed by atoms with van der Waals surface area (Å²) in [5.41, 5.74) is 9.50. The number of hydrogen-bond acceptors (Lipinski definition) is 3. The average Bonchev–Trinajstić information content (AvgIpc) is 2.31. The van der Waals surface area contributed by atoms with Gasteiger partial charge in [0.05, 0.1) is 6.61 Å². The largest absolute Gasteiger partial charge is 0.493 e. The van der Waals surface area contributed by atoms with E-state index >= 15 is 0 Å². The first-order chi connectivity index (χ1) is 9.04. The van der Waals surface area contributed by atoms with Crippen LogP contribution in [0.3, 0.4) is 0 Å². The molecule has 0 aromatic heterocycles. The van der Waals surface area contributed by atoms with Crippen LogP contribution in [0.15, 0.2) is 12.1 Å². The van der Waals surface area contributed by atoms with Gasteiger partial charge in [-0.25, -0.2) is 0 Å². The van der Waals surface area contributed by atoms with Crippen molar-refractivity contribution in [1.82, 2.24) is 0 Å². The third kappa shape index (κ3) is 5.62. The zero-order chi connectivity index (χ0) is 14.3. The Balaban J connectivity index is 2.59. The molecule has 0 radical (unpaired) electrons. The van der Waals surface area contributed by atoms with E-state index in [1.54, 1.807) is 0 Å². The van der Waals surface area contributed by atoms with Gasteiger partial charge in [-0.2, -0.15) is 0 Å². The molecule has 1 aromatic rings. The van der Waals surface area contributed by atoms with Crippen molar-refractivity contribution in [2.45, 2.75) is 46.6 Å². The minimum absolute atomic E-state index is 0.191. The van der Waals surface area contributed by atoms with Crippen LogP contribution < -0.4 is 10.5 Å². The van der Waals surface area contributed by atoms with Gasteiger partial charge < -0.3 is 15.2 Å². The second kappa shape index (κ2) is 8.18. The maximum Gasteiger partial charge on any atom is 0.125 e. The van der Waals surface area contributed by atoms with E-state index in [4.69, 9.17) is 15.2 Å². The van der Waals surface area contributed by atoms with Gasteiger partial charge in [-0.3, -0.25) is 0 Å². The number of nitrogens with two attached hydrogens (primary N) is 1. The van der Waals surface area contributed by atoms with E-state index < -0.39 is 0 Å². The standard InChI is InChI=1S/C16H27NO2/c1-5-18-7-6-8-19-16-12(2)9-15(10-13(16)3)11-14(4)17/h9-10,14H,5-8,11,17H2,1-4H3. The van der Waals surface area contributed by atoms with E-state index in [1.165, 1.54) is 16.7 Å². The molecule has 0 bridgehead atoms. The van der Waals surface area contributed by atoms with Crippen LogP contribution in [0.1, 0.15) is 37.0 Å². The Hall–Kier alpha value is -1.06.